The summed E-state index contributed by atoms with van der Waals surface area (Å²) in [5.41, 5.74) is 0.969. The third-order valence-electron chi connectivity index (χ3n) is 5.86. The molecular weight excluding hydrogens is 232 g/mol. The average molecular weight is 264 g/mol. The first kappa shape index (κ1) is 13.9. The molecule has 19 heavy (non-hydrogen) atoms. The minimum atomic E-state index is 0.401. The van der Waals surface area contributed by atoms with Gasteiger partial charge in [0.1, 0.15) is 0 Å². The van der Waals surface area contributed by atoms with Gasteiger partial charge in [-0.25, -0.2) is 0 Å². The van der Waals surface area contributed by atoms with Gasteiger partial charge in [-0.3, -0.25) is 4.90 Å². The van der Waals surface area contributed by atoms with Crippen LogP contribution in [0.15, 0.2) is 0 Å². The molecule has 0 spiro atoms. The smallest absolute Gasteiger partial charge is 0.0308 e. The maximum Gasteiger partial charge on any atom is 0.0308 e. The van der Waals surface area contributed by atoms with E-state index in [0.29, 0.717) is 11.0 Å². The second-order valence-corrected chi connectivity index (χ2v) is 8.36. The Morgan fingerprint density at radius 1 is 1.05 bits per heavy atom. The summed E-state index contributed by atoms with van der Waals surface area (Å²) >= 11 is 0. The lowest BCUT2D eigenvalue weighted by atomic mass is 9.74. The highest BCUT2D eigenvalue weighted by Gasteiger charge is 2.44. The first-order valence-electron chi connectivity index (χ1n) is 8.48. The van der Waals surface area contributed by atoms with Gasteiger partial charge in [0.2, 0.25) is 0 Å². The van der Waals surface area contributed by atoms with Gasteiger partial charge in [0.25, 0.3) is 0 Å². The Morgan fingerprint density at radius 2 is 1.84 bits per heavy atom. The molecular formula is C17H32N2. The van der Waals surface area contributed by atoms with Crippen LogP contribution in [0.3, 0.4) is 0 Å². The van der Waals surface area contributed by atoms with Gasteiger partial charge >= 0.3 is 0 Å². The van der Waals surface area contributed by atoms with Crippen LogP contribution in [0.25, 0.3) is 0 Å². The fourth-order valence-corrected chi connectivity index (χ4v) is 4.49. The van der Waals surface area contributed by atoms with Gasteiger partial charge in [-0.1, -0.05) is 20.3 Å². The molecule has 2 heteroatoms. The molecule has 0 amide bonds. The SMILES string of the molecule is CC1(C)CCCC(N2CCCNC(C)(C3CC3)C2)C1. The highest BCUT2D eigenvalue weighted by atomic mass is 15.2. The van der Waals surface area contributed by atoms with Crippen LogP contribution in [-0.4, -0.2) is 36.1 Å². The molecule has 0 bridgehead atoms. The van der Waals surface area contributed by atoms with Crippen LogP contribution < -0.4 is 5.32 Å². The molecule has 0 aromatic heterocycles. The quantitative estimate of drug-likeness (QED) is 0.822. The topological polar surface area (TPSA) is 15.3 Å². The van der Waals surface area contributed by atoms with E-state index in [1.807, 2.05) is 0 Å². The van der Waals surface area contributed by atoms with E-state index in [2.05, 4.69) is 31.0 Å². The largest absolute Gasteiger partial charge is 0.310 e. The van der Waals surface area contributed by atoms with Crippen LogP contribution in [0, 0.1) is 11.3 Å². The van der Waals surface area contributed by atoms with Crippen molar-refractivity contribution in [3.05, 3.63) is 0 Å². The molecule has 3 fully saturated rings. The Hall–Kier alpha value is -0.0800. The summed E-state index contributed by atoms with van der Waals surface area (Å²) in [5.74, 6) is 0.949. The molecule has 1 saturated heterocycles. The highest BCUT2D eigenvalue weighted by molar-refractivity contribution is 5.02. The molecule has 110 valence electrons. The summed E-state index contributed by atoms with van der Waals surface area (Å²) in [7, 11) is 0. The van der Waals surface area contributed by atoms with Crippen LogP contribution >= 0.6 is 0 Å². The number of nitrogens with one attached hydrogen (secondary N) is 1. The summed E-state index contributed by atoms with van der Waals surface area (Å²) < 4.78 is 0. The molecule has 3 rings (SSSR count). The Balaban J connectivity index is 1.68. The summed E-state index contributed by atoms with van der Waals surface area (Å²) in [4.78, 5) is 2.85. The molecule has 2 saturated carbocycles. The lowest BCUT2D eigenvalue weighted by molar-refractivity contribution is 0.0768. The van der Waals surface area contributed by atoms with E-state index in [1.54, 1.807) is 0 Å². The zero-order chi connectivity index (χ0) is 13.5. The standard InChI is InChI=1S/C17H32N2/c1-16(2)9-4-6-15(12-16)19-11-5-10-18-17(3,13-19)14-7-8-14/h14-15,18H,4-13H2,1-3H3. The van der Waals surface area contributed by atoms with E-state index in [1.165, 1.54) is 64.6 Å². The van der Waals surface area contributed by atoms with E-state index in [-0.39, 0.29) is 0 Å². The van der Waals surface area contributed by atoms with Gasteiger partial charge in [0, 0.05) is 18.1 Å². The van der Waals surface area contributed by atoms with Crippen molar-refractivity contribution in [1.82, 2.24) is 10.2 Å². The van der Waals surface area contributed by atoms with Crippen LogP contribution in [0.2, 0.25) is 0 Å². The number of hydrogen-bond acceptors (Lipinski definition) is 2. The van der Waals surface area contributed by atoms with E-state index in [0.717, 1.165) is 12.0 Å². The molecule has 3 aliphatic rings. The Bertz CT molecular complexity index is 321. The lowest BCUT2D eigenvalue weighted by Gasteiger charge is -2.43. The Kier molecular flexibility index (Phi) is 3.68. The van der Waals surface area contributed by atoms with Crippen LogP contribution in [0.1, 0.15) is 65.7 Å². The molecule has 0 aromatic rings. The third-order valence-corrected chi connectivity index (χ3v) is 5.86. The van der Waals surface area contributed by atoms with Crippen molar-refractivity contribution in [2.24, 2.45) is 11.3 Å². The molecule has 1 N–H and O–H groups in total. The summed E-state index contributed by atoms with van der Waals surface area (Å²) in [6, 6.07) is 0.849. The Labute approximate surface area is 119 Å². The van der Waals surface area contributed by atoms with Crippen molar-refractivity contribution in [3.8, 4) is 0 Å². The number of rotatable bonds is 2. The van der Waals surface area contributed by atoms with Crippen molar-refractivity contribution in [2.45, 2.75) is 77.3 Å². The van der Waals surface area contributed by atoms with Crippen molar-refractivity contribution in [1.29, 1.82) is 0 Å². The van der Waals surface area contributed by atoms with Crippen molar-refractivity contribution in [2.75, 3.05) is 19.6 Å². The van der Waals surface area contributed by atoms with Gasteiger partial charge in [0.15, 0.2) is 0 Å². The second-order valence-electron chi connectivity index (χ2n) is 8.36. The van der Waals surface area contributed by atoms with Crippen molar-refractivity contribution in [3.63, 3.8) is 0 Å². The zero-order valence-electron chi connectivity index (χ0n) is 13.2. The molecule has 0 aromatic carbocycles. The van der Waals surface area contributed by atoms with E-state index >= 15 is 0 Å². The fourth-order valence-electron chi connectivity index (χ4n) is 4.49. The summed E-state index contributed by atoms with van der Waals surface area (Å²) in [6.45, 7) is 11.2. The Morgan fingerprint density at radius 3 is 2.53 bits per heavy atom. The van der Waals surface area contributed by atoms with Gasteiger partial charge in [-0.05, 0) is 69.9 Å². The summed E-state index contributed by atoms with van der Waals surface area (Å²) in [5, 5.41) is 3.87. The molecule has 1 aliphatic heterocycles. The van der Waals surface area contributed by atoms with Gasteiger partial charge < -0.3 is 5.32 Å². The number of nitrogens with zero attached hydrogens (tertiary/aromatic N) is 1. The van der Waals surface area contributed by atoms with E-state index in [9.17, 15) is 0 Å². The third kappa shape index (κ3) is 3.16. The van der Waals surface area contributed by atoms with Crippen LogP contribution in [0.4, 0.5) is 0 Å². The predicted octanol–water partition coefficient (Wildman–Crippen LogP) is 3.42. The molecule has 0 radical (unpaired) electrons. The van der Waals surface area contributed by atoms with Crippen LogP contribution in [-0.2, 0) is 0 Å². The highest BCUT2D eigenvalue weighted by Crippen LogP contribution is 2.42. The van der Waals surface area contributed by atoms with Crippen LogP contribution in [0.5, 0.6) is 0 Å². The van der Waals surface area contributed by atoms with E-state index in [4.69, 9.17) is 0 Å². The van der Waals surface area contributed by atoms with Crippen molar-refractivity contribution < 1.29 is 0 Å². The van der Waals surface area contributed by atoms with Gasteiger partial charge in [-0.2, -0.15) is 0 Å². The van der Waals surface area contributed by atoms with Gasteiger partial charge in [0.05, 0.1) is 0 Å². The fraction of sp³-hybridized carbons (Fsp3) is 1.00. The molecule has 2 atom stereocenters. The zero-order valence-corrected chi connectivity index (χ0v) is 13.2. The minimum Gasteiger partial charge on any atom is -0.310 e. The maximum atomic E-state index is 3.87. The summed E-state index contributed by atoms with van der Waals surface area (Å²) in [6.07, 6.45) is 9.94. The first-order chi connectivity index (χ1) is 8.99. The van der Waals surface area contributed by atoms with E-state index < -0.39 is 0 Å². The van der Waals surface area contributed by atoms with Gasteiger partial charge in [-0.15, -0.1) is 0 Å². The van der Waals surface area contributed by atoms with Crippen molar-refractivity contribution >= 4 is 0 Å². The molecule has 1 heterocycles. The number of hydrogen-bond donors (Lipinski definition) is 1. The lowest BCUT2D eigenvalue weighted by Crippen LogP contribution is -2.53. The minimum absolute atomic E-state index is 0.401. The molecule has 2 unspecified atom stereocenters. The first-order valence-corrected chi connectivity index (χ1v) is 8.48. The monoisotopic (exact) mass is 264 g/mol. The normalized spacial score (nSPS) is 40.9. The molecule has 2 nitrogen and oxygen atoms in total. The average Bonchev–Trinajstić information content (AvgIpc) is 3.14. The predicted molar refractivity (Wildman–Crippen MR) is 81.4 cm³/mol. The second kappa shape index (κ2) is 5.04. The maximum absolute atomic E-state index is 3.87. The molecule has 2 aliphatic carbocycles.